The second kappa shape index (κ2) is 6.01. The van der Waals surface area contributed by atoms with Crippen LogP contribution < -0.4 is 10.6 Å². The van der Waals surface area contributed by atoms with Crippen molar-refractivity contribution >= 4 is 27.5 Å². The van der Waals surface area contributed by atoms with Crippen molar-refractivity contribution in [3.8, 4) is 0 Å². The molecular weight excluding hydrogens is 311 g/mol. The zero-order valence-corrected chi connectivity index (χ0v) is 12.5. The average Bonchev–Trinajstić information content (AvgIpc) is 2.43. The van der Waals surface area contributed by atoms with E-state index >= 15 is 0 Å². The van der Waals surface area contributed by atoms with Crippen LogP contribution in [0.15, 0.2) is 22.7 Å². The predicted molar refractivity (Wildman–Crippen MR) is 77.6 cm³/mol. The van der Waals surface area contributed by atoms with Gasteiger partial charge in [0.1, 0.15) is 5.82 Å². The highest BCUT2D eigenvalue weighted by molar-refractivity contribution is 9.10. The number of hydrogen-bond donors (Lipinski definition) is 2. The molecule has 1 amide bonds. The predicted octanol–water partition coefficient (Wildman–Crippen LogP) is 3.31. The highest BCUT2D eigenvalue weighted by Crippen LogP contribution is 2.34. The summed E-state index contributed by atoms with van der Waals surface area (Å²) in [5, 5.41) is 5.99. The van der Waals surface area contributed by atoms with E-state index in [1.54, 1.807) is 12.1 Å². The molecule has 2 N–H and O–H groups in total. The van der Waals surface area contributed by atoms with Crippen molar-refractivity contribution in [1.82, 2.24) is 5.32 Å². The maximum Gasteiger partial charge on any atom is 0.230 e. The van der Waals surface area contributed by atoms with Crippen LogP contribution in [0.3, 0.4) is 0 Å². The molecule has 0 bridgehead atoms. The molecule has 1 aromatic carbocycles. The van der Waals surface area contributed by atoms with Crippen LogP contribution in [0.4, 0.5) is 10.1 Å². The molecule has 0 aromatic heterocycles. The molecule has 19 heavy (non-hydrogen) atoms. The minimum atomic E-state index is -0.406. The van der Waals surface area contributed by atoms with E-state index < -0.39 is 5.82 Å². The number of carbonyl (C=O) groups is 1. The molecule has 1 heterocycles. The first kappa shape index (κ1) is 14.5. The summed E-state index contributed by atoms with van der Waals surface area (Å²) in [5.74, 6) is -0.481. The van der Waals surface area contributed by atoms with Crippen LogP contribution >= 0.6 is 15.9 Å². The van der Waals surface area contributed by atoms with Gasteiger partial charge in [0.15, 0.2) is 0 Å². The molecule has 2 rings (SSSR count). The van der Waals surface area contributed by atoms with E-state index in [0.717, 1.165) is 36.8 Å². The van der Waals surface area contributed by atoms with Crippen LogP contribution in [-0.2, 0) is 4.79 Å². The first-order chi connectivity index (χ1) is 9.07. The summed E-state index contributed by atoms with van der Waals surface area (Å²) < 4.78 is 14.4. The van der Waals surface area contributed by atoms with Crippen LogP contribution in [0.5, 0.6) is 0 Å². The van der Waals surface area contributed by atoms with E-state index in [4.69, 9.17) is 0 Å². The number of piperidine rings is 1. The van der Waals surface area contributed by atoms with Gasteiger partial charge in [0.2, 0.25) is 5.91 Å². The zero-order valence-electron chi connectivity index (χ0n) is 10.9. The van der Waals surface area contributed by atoms with Crippen molar-refractivity contribution in [1.29, 1.82) is 0 Å². The highest BCUT2D eigenvalue weighted by Gasteiger charge is 2.37. The van der Waals surface area contributed by atoms with Gasteiger partial charge in [-0.05, 0) is 50.6 Å². The van der Waals surface area contributed by atoms with Crippen LogP contribution in [0.1, 0.15) is 26.2 Å². The Balaban J connectivity index is 2.17. The molecule has 0 radical (unpaired) electrons. The second-order valence-electron chi connectivity index (χ2n) is 4.96. The lowest BCUT2D eigenvalue weighted by Gasteiger charge is -2.35. The van der Waals surface area contributed by atoms with Gasteiger partial charge in [0.05, 0.1) is 11.1 Å². The lowest BCUT2D eigenvalue weighted by molar-refractivity contribution is -0.127. The smallest absolute Gasteiger partial charge is 0.230 e. The summed E-state index contributed by atoms with van der Waals surface area (Å²) in [7, 11) is 0. The molecule has 0 saturated carbocycles. The standard InChI is InChI=1S/C14H18BrFN2O/c1-2-14(5-7-17-8-6-14)13(19)18-12-9-10(15)3-4-11(12)16/h3-4,9,17H,2,5-8H2,1H3,(H,18,19). The number of amides is 1. The second-order valence-corrected chi connectivity index (χ2v) is 5.88. The van der Waals surface area contributed by atoms with Crippen molar-refractivity contribution in [2.24, 2.45) is 5.41 Å². The Bertz CT molecular complexity index is 473. The highest BCUT2D eigenvalue weighted by atomic mass is 79.9. The summed E-state index contributed by atoms with van der Waals surface area (Å²) in [6, 6.07) is 4.56. The summed E-state index contributed by atoms with van der Waals surface area (Å²) in [4.78, 5) is 12.5. The van der Waals surface area contributed by atoms with Gasteiger partial charge in [-0.2, -0.15) is 0 Å². The van der Waals surface area contributed by atoms with E-state index in [1.165, 1.54) is 6.07 Å². The fourth-order valence-corrected chi connectivity index (χ4v) is 2.86. The lowest BCUT2D eigenvalue weighted by atomic mass is 9.76. The molecule has 1 aliphatic rings. The number of hydrogen-bond acceptors (Lipinski definition) is 2. The van der Waals surface area contributed by atoms with Gasteiger partial charge in [-0.3, -0.25) is 4.79 Å². The molecular formula is C14H18BrFN2O. The van der Waals surface area contributed by atoms with Gasteiger partial charge in [-0.25, -0.2) is 4.39 Å². The normalized spacial score (nSPS) is 18.1. The number of halogens is 2. The van der Waals surface area contributed by atoms with Crippen LogP contribution in [0, 0.1) is 11.2 Å². The summed E-state index contributed by atoms with van der Waals surface area (Å²) in [6.45, 7) is 3.69. The fraction of sp³-hybridized carbons (Fsp3) is 0.500. The Morgan fingerprint density at radius 2 is 2.16 bits per heavy atom. The fourth-order valence-electron chi connectivity index (χ4n) is 2.49. The topological polar surface area (TPSA) is 41.1 Å². The van der Waals surface area contributed by atoms with Crippen molar-refractivity contribution in [3.63, 3.8) is 0 Å². The van der Waals surface area contributed by atoms with Crippen LogP contribution in [-0.4, -0.2) is 19.0 Å². The Morgan fingerprint density at radius 3 is 2.79 bits per heavy atom. The minimum absolute atomic E-state index is 0.0755. The Kier molecular flexibility index (Phi) is 4.58. The Labute approximate surface area is 121 Å². The van der Waals surface area contributed by atoms with E-state index in [-0.39, 0.29) is 17.0 Å². The molecule has 5 heteroatoms. The van der Waals surface area contributed by atoms with Crippen LogP contribution in [0.25, 0.3) is 0 Å². The first-order valence-electron chi connectivity index (χ1n) is 6.54. The largest absolute Gasteiger partial charge is 0.323 e. The molecule has 1 aliphatic heterocycles. The Hall–Kier alpha value is -0.940. The third kappa shape index (κ3) is 3.15. The number of anilines is 1. The number of rotatable bonds is 3. The number of benzene rings is 1. The third-order valence-corrected chi connectivity index (χ3v) is 4.39. The molecule has 0 spiro atoms. The average molecular weight is 329 g/mol. The van der Waals surface area contributed by atoms with Gasteiger partial charge in [-0.15, -0.1) is 0 Å². The molecule has 1 aromatic rings. The van der Waals surface area contributed by atoms with Gasteiger partial charge in [0, 0.05) is 4.47 Å². The van der Waals surface area contributed by atoms with E-state index in [0.29, 0.717) is 0 Å². The monoisotopic (exact) mass is 328 g/mol. The minimum Gasteiger partial charge on any atom is -0.323 e. The zero-order chi connectivity index (χ0) is 13.9. The van der Waals surface area contributed by atoms with Gasteiger partial charge in [-0.1, -0.05) is 22.9 Å². The molecule has 0 unspecified atom stereocenters. The van der Waals surface area contributed by atoms with Gasteiger partial charge < -0.3 is 10.6 Å². The van der Waals surface area contributed by atoms with Crippen molar-refractivity contribution in [3.05, 3.63) is 28.5 Å². The molecule has 1 saturated heterocycles. The molecule has 0 atom stereocenters. The maximum atomic E-state index is 13.7. The molecule has 0 aliphatic carbocycles. The summed E-state index contributed by atoms with van der Waals surface area (Å²) in [5.41, 5.74) is -0.134. The van der Waals surface area contributed by atoms with Crippen molar-refractivity contribution in [2.45, 2.75) is 26.2 Å². The summed E-state index contributed by atoms with van der Waals surface area (Å²) >= 11 is 3.28. The first-order valence-corrected chi connectivity index (χ1v) is 7.34. The third-order valence-electron chi connectivity index (χ3n) is 3.90. The Morgan fingerprint density at radius 1 is 1.47 bits per heavy atom. The number of nitrogens with one attached hydrogen (secondary N) is 2. The summed E-state index contributed by atoms with van der Waals surface area (Å²) in [6.07, 6.45) is 2.37. The molecule has 1 fully saturated rings. The van der Waals surface area contributed by atoms with E-state index in [9.17, 15) is 9.18 Å². The van der Waals surface area contributed by atoms with Gasteiger partial charge in [0.25, 0.3) is 0 Å². The molecule has 104 valence electrons. The quantitative estimate of drug-likeness (QED) is 0.893. The maximum absolute atomic E-state index is 13.7. The van der Waals surface area contributed by atoms with Crippen molar-refractivity contribution < 1.29 is 9.18 Å². The lowest BCUT2D eigenvalue weighted by Crippen LogP contribution is -2.44. The van der Waals surface area contributed by atoms with E-state index in [2.05, 4.69) is 26.6 Å². The SMILES string of the molecule is CCC1(C(=O)Nc2cc(Br)ccc2F)CCNCC1. The van der Waals surface area contributed by atoms with Crippen LogP contribution in [0.2, 0.25) is 0 Å². The van der Waals surface area contributed by atoms with Gasteiger partial charge >= 0.3 is 0 Å². The number of carbonyl (C=O) groups excluding carboxylic acids is 1. The molecule has 3 nitrogen and oxygen atoms in total. The van der Waals surface area contributed by atoms with E-state index in [1.807, 2.05) is 6.92 Å². The van der Waals surface area contributed by atoms with Crippen molar-refractivity contribution in [2.75, 3.05) is 18.4 Å².